The van der Waals surface area contributed by atoms with E-state index in [0.29, 0.717) is 13.2 Å². The molecule has 0 amide bonds. The first kappa shape index (κ1) is 12.1. The van der Waals surface area contributed by atoms with Crippen LogP contribution in [0.4, 0.5) is 0 Å². The van der Waals surface area contributed by atoms with E-state index in [1.54, 1.807) is 0 Å². The predicted molar refractivity (Wildman–Crippen MR) is 72.2 cm³/mol. The molecular formula is C15H17NO3. The van der Waals surface area contributed by atoms with E-state index < -0.39 is 0 Å². The Morgan fingerprint density at radius 1 is 1.11 bits per heavy atom. The lowest BCUT2D eigenvalue weighted by Gasteiger charge is -2.20. The number of aliphatic hydroxyl groups excluding tert-OH is 1. The standard InChI is InChI=1S/C15H17NO3/c1-10-7-12(9-17)11(2)16(10)13-3-4-14-15(8-13)19-6-5-18-14/h3-4,7-8,17H,5-6,9H2,1-2H3. The number of aryl methyl sites for hydroxylation is 1. The Hall–Kier alpha value is -1.94. The first-order chi connectivity index (χ1) is 9.20. The van der Waals surface area contributed by atoms with Gasteiger partial charge in [0.25, 0.3) is 0 Å². The van der Waals surface area contributed by atoms with Gasteiger partial charge in [-0.3, -0.25) is 0 Å². The van der Waals surface area contributed by atoms with Gasteiger partial charge in [0.2, 0.25) is 0 Å². The van der Waals surface area contributed by atoms with E-state index in [9.17, 15) is 5.11 Å². The molecule has 100 valence electrons. The van der Waals surface area contributed by atoms with Crippen LogP contribution in [0.5, 0.6) is 11.5 Å². The molecule has 4 nitrogen and oxygen atoms in total. The summed E-state index contributed by atoms with van der Waals surface area (Å²) in [5.74, 6) is 1.57. The van der Waals surface area contributed by atoms with Crippen LogP contribution in [0.2, 0.25) is 0 Å². The van der Waals surface area contributed by atoms with Crippen LogP contribution >= 0.6 is 0 Å². The number of aromatic nitrogens is 1. The van der Waals surface area contributed by atoms with Gasteiger partial charge >= 0.3 is 0 Å². The fourth-order valence-corrected chi connectivity index (χ4v) is 2.56. The summed E-state index contributed by atoms with van der Waals surface area (Å²) in [6.07, 6.45) is 0. The van der Waals surface area contributed by atoms with Gasteiger partial charge in [-0.1, -0.05) is 0 Å². The van der Waals surface area contributed by atoms with E-state index in [1.165, 1.54) is 0 Å². The van der Waals surface area contributed by atoms with Crippen LogP contribution in [0.15, 0.2) is 24.3 Å². The lowest BCUT2D eigenvalue weighted by Crippen LogP contribution is -2.15. The summed E-state index contributed by atoms with van der Waals surface area (Å²) in [6.45, 7) is 5.28. The largest absolute Gasteiger partial charge is 0.486 e. The van der Waals surface area contributed by atoms with Crippen molar-refractivity contribution in [2.45, 2.75) is 20.5 Å². The van der Waals surface area contributed by atoms with Crippen LogP contribution < -0.4 is 9.47 Å². The van der Waals surface area contributed by atoms with Crippen molar-refractivity contribution in [3.8, 4) is 17.2 Å². The Balaban J connectivity index is 2.09. The normalized spacial score (nSPS) is 13.6. The smallest absolute Gasteiger partial charge is 0.163 e. The summed E-state index contributed by atoms with van der Waals surface area (Å²) in [6, 6.07) is 7.93. The van der Waals surface area contributed by atoms with Crippen LogP contribution in [0.3, 0.4) is 0 Å². The van der Waals surface area contributed by atoms with Crippen molar-refractivity contribution in [3.63, 3.8) is 0 Å². The van der Waals surface area contributed by atoms with Crippen LogP contribution in [-0.2, 0) is 6.61 Å². The third kappa shape index (κ3) is 1.98. The zero-order valence-corrected chi connectivity index (χ0v) is 11.1. The molecular weight excluding hydrogens is 242 g/mol. The van der Waals surface area contributed by atoms with Gasteiger partial charge < -0.3 is 19.1 Å². The molecule has 1 aromatic heterocycles. The van der Waals surface area contributed by atoms with Gasteiger partial charge in [-0.2, -0.15) is 0 Å². The molecule has 1 N–H and O–H groups in total. The fourth-order valence-electron chi connectivity index (χ4n) is 2.56. The number of ether oxygens (including phenoxy) is 2. The Bertz CT molecular complexity index is 616. The van der Waals surface area contributed by atoms with Crippen molar-refractivity contribution in [1.29, 1.82) is 0 Å². The minimum atomic E-state index is 0.0597. The quantitative estimate of drug-likeness (QED) is 0.900. The molecule has 0 bridgehead atoms. The molecule has 2 aromatic rings. The maximum Gasteiger partial charge on any atom is 0.163 e. The minimum absolute atomic E-state index is 0.0597. The van der Waals surface area contributed by atoms with Gasteiger partial charge in [0.1, 0.15) is 13.2 Å². The molecule has 1 aromatic carbocycles. The summed E-state index contributed by atoms with van der Waals surface area (Å²) in [5.41, 5.74) is 4.13. The maximum absolute atomic E-state index is 9.34. The van der Waals surface area contributed by atoms with Crippen LogP contribution in [0, 0.1) is 13.8 Å². The van der Waals surface area contributed by atoms with E-state index in [4.69, 9.17) is 9.47 Å². The van der Waals surface area contributed by atoms with Crippen LogP contribution in [-0.4, -0.2) is 22.9 Å². The second kappa shape index (κ2) is 4.63. The number of hydrogen-bond donors (Lipinski definition) is 1. The Kier molecular flexibility index (Phi) is 2.95. The van der Waals surface area contributed by atoms with E-state index in [2.05, 4.69) is 4.57 Å². The summed E-state index contributed by atoms with van der Waals surface area (Å²) in [7, 11) is 0. The number of hydrogen-bond acceptors (Lipinski definition) is 3. The van der Waals surface area contributed by atoms with Crippen molar-refractivity contribution in [3.05, 3.63) is 41.2 Å². The van der Waals surface area contributed by atoms with E-state index >= 15 is 0 Å². The van der Waals surface area contributed by atoms with Crippen LogP contribution in [0.1, 0.15) is 17.0 Å². The SMILES string of the molecule is Cc1cc(CO)c(C)n1-c1ccc2c(c1)OCCO2. The first-order valence-electron chi connectivity index (χ1n) is 6.39. The molecule has 4 heteroatoms. The van der Waals surface area contributed by atoms with Gasteiger partial charge in [-0.15, -0.1) is 0 Å². The molecule has 0 unspecified atom stereocenters. The molecule has 1 aliphatic rings. The second-order valence-corrected chi connectivity index (χ2v) is 4.72. The van der Waals surface area contributed by atoms with Gasteiger partial charge in [-0.25, -0.2) is 0 Å². The molecule has 0 saturated heterocycles. The number of nitrogens with zero attached hydrogens (tertiary/aromatic N) is 1. The zero-order chi connectivity index (χ0) is 13.4. The highest BCUT2D eigenvalue weighted by Gasteiger charge is 2.15. The molecule has 3 rings (SSSR count). The maximum atomic E-state index is 9.34. The monoisotopic (exact) mass is 259 g/mol. The molecule has 0 spiro atoms. The van der Waals surface area contributed by atoms with E-state index in [-0.39, 0.29) is 6.61 Å². The van der Waals surface area contributed by atoms with Gasteiger partial charge in [0, 0.05) is 23.1 Å². The van der Waals surface area contributed by atoms with Gasteiger partial charge in [0.05, 0.1) is 6.61 Å². The number of rotatable bonds is 2. The average Bonchev–Trinajstić information content (AvgIpc) is 2.73. The topological polar surface area (TPSA) is 43.6 Å². The molecule has 0 aliphatic carbocycles. The van der Waals surface area contributed by atoms with Crippen molar-refractivity contribution >= 4 is 0 Å². The molecule has 1 aliphatic heterocycles. The highest BCUT2D eigenvalue weighted by molar-refractivity contribution is 5.51. The molecule has 0 saturated carbocycles. The third-order valence-corrected chi connectivity index (χ3v) is 3.49. The van der Waals surface area contributed by atoms with Crippen molar-refractivity contribution < 1.29 is 14.6 Å². The number of aliphatic hydroxyl groups is 1. The van der Waals surface area contributed by atoms with Crippen molar-refractivity contribution in [1.82, 2.24) is 4.57 Å². The third-order valence-electron chi connectivity index (χ3n) is 3.49. The molecule has 19 heavy (non-hydrogen) atoms. The van der Waals surface area contributed by atoms with E-state index in [0.717, 1.165) is 34.1 Å². The molecule has 0 atom stereocenters. The highest BCUT2D eigenvalue weighted by atomic mass is 16.6. The summed E-state index contributed by atoms with van der Waals surface area (Å²) < 4.78 is 13.3. The average molecular weight is 259 g/mol. The Morgan fingerprint density at radius 2 is 1.84 bits per heavy atom. The Morgan fingerprint density at radius 3 is 2.53 bits per heavy atom. The first-order valence-corrected chi connectivity index (χ1v) is 6.39. The van der Waals surface area contributed by atoms with E-state index in [1.807, 2.05) is 38.1 Å². The lowest BCUT2D eigenvalue weighted by atomic mass is 10.2. The fraction of sp³-hybridized carbons (Fsp3) is 0.333. The molecule has 2 heterocycles. The summed E-state index contributed by atoms with van der Waals surface area (Å²) >= 11 is 0. The predicted octanol–water partition coefficient (Wildman–Crippen LogP) is 2.36. The number of fused-ring (bicyclic) bond motifs is 1. The lowest BCUT2D eigenvalue weighted by molar-refractivity contribution is 0.171. The summed E-state index contributed by atoms with van der Waals surface area (Å²) in [5, 5.41) is 9.34. The number of benzene rings is 1. The Labute approximate surface area is 112 Å². The van der Waals surface area contributed by atoms with Crippen molar-refractivity contribution in [2.24, 2.45) is 0 Å². The van der Waals surface area contributed by atoms with Crippen molar-refractivity contribution in [2.75, 3.05) is 13.2 Å². The zero-order valence-electron chi connectivity index (χ0n) is 11.1. The molecule has 0 fully saturated rings. The summed E-state index contributed by atoms with van der Waals surface area (Å²) in [4.78, 5) is 0. The highest BCUT2D eigenvalue weighted by Crippen LogP contribution is 2.33. The van der Waals surface area contributed by atoms with Crippen LogP contribution in [0.25, 0.3) is 5.69 Å². The minimum Gasteiger partial charge on any atom is -0.486 e. The second-order valence-electron chi connectivity index (χ2n) is 4.72. The molecule has 0 radical (unpaired) electrons. The van der Waals surface area contributed by atoms with Gasteiger partial charge in [0.15, 0.2) is 11.5 Å². The van der Waals surface area contributed by atoms with Gasteiger partial charge in [-0.05, 0) is 37.6 Å².